The quantitative estimate of drug-likeness (QED) is 0.125. The number of nitro benzene ring substituents is 1. The third-order valence-electron chi connectivity index (χ3n) is 6.21. The lowest BCUT2D eigenvalue weighted by molar-refractivity contribution is -0.387. The van der Waals surface area contributed by atoms with Gasteiger partial charge in [-0.15, -0.1) is 0 Å². The SMILES string of the molecule is O=[N+]([O-])c1ccc(SNc2ccc(Oc3ccncc3-c3ccnc(NC4CCCCC4)n3)c(F)c2)cc1F. The third kappa shape index (κ3) is 6.58. The highest BCUT2D eigenvalue weighted by Gasteiger charge is 2.17. The van der Waals surface area contributed by atoms with Crippen LogP contribution in [-0.2, 0) is 0 Å². The predicted octanol–water partition coefficient (Wildman–Crippen LogP) is 7.38. The van der Waals surface area contributed by atoms with Crippen molar-refractivity contribution in [2.24, 2.45) is 0 Å². The number of hydrogen-bond acceptors (Lipinski definition) is 9. The number of benzene rings is 2. The fourth-order valence-corrected chi connectivity index (χ4v) is 4.91. The van der Waals surface area contributed by atoms with Gasteiger partial charge in [0.2, 0.25) is 11.8 Å². The molecule has 0 aliphatic heterocycles. The molecule has 2 aromatic carbocycles. The van der Waals surface area contributed by atoms with Gasteiger partial charge in [-0.2, -0.15) is 4.39 Å². The van der Waals surface area contributed by atoms with Crippen LogP contribution >= 0.6 is 11.9 Å². The topological polar surface area (TPSA) is 115 Å². The van der Waals surface area contributed by atoms with Crippen molar-refractivity contribution in [2.45, 2.75) is 43.0 Å². The molecule has 1 saturated carbocycles. The summed E-state index contributed by atoms with van der Waals surface area (Å²) in [5.74, 6) is -0.672. The van der Waals surface area contributed by atoms with Crippen LogP contribution in [0.1, 0.15) is 32.1 Å². The van der Waals surface area contributed by atoms with Crippen molar-refractivity contribution in [1.82, 2.24) is 15.0 Å². The van der Waals surface area contributed by atoms with Gasteiger partial charge in [0.25, 0.3) is 0 Å². The number of hydrogen-bond donors (Lipinski definition) is 2. The van der Waals surface area contributed by atoms with E-state index in [-0.39, 0.29) is 5.75 Å². The summed E-state index contributed by atoms with van der Waals surface area (Å²) < 4.78 is 37.6. The number of rotatable bonds is 9. The normalized spacial score (nSPS) is 13.6. The molecule has 200 valence electrons. The average Bonchev–Trinajstić information content (AvgIpc) is 2.94. The zero-order chi connectivity index (χ0) is 27.2. The minimum absolute atomic E-state index is 0.00556. The van der Waals surface area contributed by atoms with E-state index in [1.54, 1.807) is 36.8 Å². The Kier molecular flexibility index (Phi) is 8.11. The van der Waals surface area contributed by atoms with Gasteiger partial charge in [-0.25, -0.2) is 14.4 Å². The summed E-state index contributed by atoms with van der Waals surface area (Å²) in [4.78, 5) is 23.6. The number of ether oxygens (including phenoxy) is 1. The van der Waals surface area contributed by atoms with Gasteiger partial charge in [0.1, 0.15) is 5.75 Å². The molecular formula is C27H24F2N6O3S. The second-order valence-corrected chi connectivity index (χ2v) is 9.82. The van der Waals surface area contributed by atoms with Crippen LogP contribution in [0.4, 0.5) is 26.1 Å². The smallest absolute Gasteiger partial charge is 0.304 e. The molecule has 0 spiro atoms. The fraction of sp³-hybridized carbons (Fsp3) is 0.222. The van der Waals surface area contributed by atoms with Gasteiger partial charge in [0.05, 0.1) is 16.2 Å². The maximum atomic E-state index is 15.0. The Morgan fingerprint density at radius 2 is 1.82 bits per heavy atom. The van der Waals surface area contributed by atoms with E-state index in [2.05, 4.69) is 25.0 Å². The molecule has 12 heteroatoms. The fourth-order valence-electron chi connectivity index (χ4n) is 4.25. The molecule has 9 nitrogen and oxygen atoms in total. The molecule has 2 aromatic heterocycles. The van der Waals surface area contributed by atoms with E-state index >= 15 is 0 Å². The maximum Gasteiger partial charge on any atom is 0.304 e. The number of nitrogens with one attached hydrogen (secondary N) is 2. The molecule has 2 heterocycles. The molecule has 39 heavy (non-hydrogen) atoms. The van der Waals surface area contributed by atoms with Crippen molar-refractivity contribution in [2.75, 3.05) is 10.0 Å². The van der Waals surface area contributed by atoms with Crippen LogP contribution in [0.5, 0.6) is 11.5 Å². The Morgan fingerprint density at radius 1 is 0.974 bits per heavy atom. The molecule has 0 amide bonds. The molecule has 1 fully saturated rings. The minimum atomic E-state index is -0.949. The molecule has 5 rings (SSSR count). The van der Waals surface area contributed by atoms with Crippen molar-refractivity contribution in [3.8, 4) is 22.8 Å². The van der Waals surface area contributed by atoms with Crippen LogP contribution in [0, 0.1) is 21.7 Å². The van der Waals surface area contributed by atoms with Crippen molar-refractivity contribution in [3.63, 3.8) is 0 Å². The monoisotopic (exact) mass is 550 g/mol. The number of nitro groups is 1. The lowest BCUT2D eigenvalue weighted by Gasteiger charge is -2.22. The molecular weight excluding hydrogens is 526 g/mol. The molecule has 4 aromatic rings. The van der Waals surface area contributed by atoms with Gasteiger partial charge < -0.3 is 14.8 Å². The zero-order valence-electron chi connectivity index (χ0n) is 20.6. The van der Waals surface area contributed by atoms with Gasteiger partial charge in [0, 0.05) is 47.3 Å². The molecule has 1 aliphatic rings. The standard InChI is InChI=1S/C27H24F2N6O3S/c28-21-15-19(7-8-24(21)35(36)37)39-34-18-6-9-26(22(29)14-18)38-25-11-12-30-16-20(25)23-10-13-31-27(33-23)32-17-4-2-1-3-5-17/h6-17,34H,1-5H2,(H,31,32,33). The van der Waals surface area contributed by atoms with E-state index < -0.39 is 22.2 Å². The summed E-state index contributed by atoms with van der Waals surface area (Å²) in [5, 5.41) is 14.2. The van der Waals surface area contributed by atoms with E-state index in [0.717, 1.165) is 36.9 Å². The largest absolute Gasteiger partial charge is 0.453 e. The van der Waals surface area contributed by atoms with E-state index in [0.29, 0.717) is 39.6 Å². The lowest BCUT2D eigenvalue weighted by atomic mass is 9.96. The first-order chi connectivity index (χ1) is 19.0. The summed E-state index contributed by atoms with van der Waals surface area (Å²) in [5.41, 5.74) is 0.967. The Hall–Kier alpha value is -4.32. The van der Waals surface area contributed by atoms with Crippen LogP contribution in [0.3, 0.4) is 0 Å². The summed E-state index contributed by atoms with van der Waals surface area (Å²) in [7, 11) is 0. The lowest BCUT2D eigenvalue weighted by Crippen LogP contribution is -2.23. The molecule has 0 radical (unpaired) electrons. The number of nitrogens with zero attached hydrogens (tertiary/aromatic N) is 4. The number of pyridine rings is 1. The second-order valence-electron chi connectivity index (χ2n) is 8.94. The summed E-state index contributed by atoms with van der Waals surface area (Å²) >= 11 is 0.991. The van der Waals surface area contributed by atoms with Crippen LogP contribution in [0.2, 0.25) is 0 Å². The average molecular weight is 551 g/mol. The highest BCUT2D eigenvalue weighted by molar-refractivity contribution is 8.00. The molecule has 2 N–H and O–H groups in total. The molecule has 1 aliphatic carbocycles. The van der Waals surface area contributed by atoms with Crippen LogP contribution in [-0.4, -0.2) is 25.9 Å². The van der Waals surface area contributed by atoms with Crippen LogP contribution in [0.15, 0.2) is 72.0 Å². The van der Waals surface area contributed by atoms with E-state index in [4.69, 9.17) is 4.74 Å². The maximum absolute atomic E-state index is 15.0. The van der Waals surface area contributed by atoms with Crippen LogP contribution < -0.4 is 14.8 Å². The minimum Gasteiger partial charge on any atom is -0.453 e. The van der Waals surface area contributed by atoms with Crippen molar-refractivity contribution >= 4 is 29.3 Å². The zero-order valence-corrected chi connectivity index (χ0v) is 21.5. The van der Waals surface area contributed by atoms with Crippen molar-refractivity contribution < 1.29 is 18.4 Å². The second kappa shape index (κ2) is 12.0. The Balaban J connectivity index is 1.28. The van der Waals surface area contributed by atoms with Gasteiger partial charge in [-0.05, 0) is 61.2 Å². The Labute approximate surface area is 227 Å². The Morgan fingerprint density at radius 3 is 2.59 bits per heavy atom. The highest BCUT2D eigenvalue weighted by Crippen LogP contribution is 2.35. The molecule has 0 saturated heterocycles. The van der Waals surface area contributed by atoms with Crippen molar-refractivity contribution in [3.05, 3.63) is 88.9 Å². The molecule has 0 bridgehead atoms. The first kappa shape index (κ1) is 26.3. The molecule has 0 atom stereocenters. The Bertz CT molecular complexity index is 1490. The van der Waals surface area contributed by atoms with Crippen molar-refractivity contribution in [1.29, 1.82) is 0 Å². The first-order valence-corrected chi connectivity index (χ1v) is 13.2. The summed E-state index contributed by atoms with van der Waals surface area (Å²) in [6, 6.07) is 11.6. The van der Waals surface area contributed by atoms with Gasteiger partial charge >= 0.3 is 5.69 Å². The molecule has 0 unspecified atom stereocenters. The van der Waals surface area contributed by atoms with E-state index in [1.165, 1.54) is 37.5 Å². The highest BCUT2D eigenvalue weighted by atomic mass is 32.2. The van der Waals surface area contributed by atoms with E-state index in [1.807, 2.05) is 0 Å². The predicted molar refractivity (Wildman–Crippen MR) is 145 cm³/mol. The third-order valence-corrected chi connectivity index (χ3v) is 7.03. The van der Waals surface area contributed by atoms with E-state index in [9.17, 15) is 18.9 Å². The van der Waals surface area contributed by atoms with Gasteiger partial charge in [0.15, 0.2) is 11.6 Å². The summed E-state index contributed by atoms with van der Waals surface area (Å²) in [6.07, 6.45) is 10.6. The van der Waals surface area contributed by atoms with Gasteiger partial charge in [-0.1, -0.05) is 19.3 Å². The number of halogens is 2. The number of anilines is 2. The summed E-state index contributed by atoms with van der Waals surface area (Å²) in [6.45, 7) is 0. The first-order valence-electron chi connectivity index (χ1n) is 12.3. The van der Waals surface area contributed by atoms with Gasteiger partial charge in [-0.3, -0.25) is 15.1 Å². The number of aromatic nitrogens is 3. The van der Waals surface area contributed by atoms with Crippen LogP contribution in [0.25, 0.3) is 11.3 Å².